The molecule has 0 heterocycles. The molecule has 2 aliphatic carbocycles. The lowest BCUT2D eigenvalue weighted by Crippen LogP contribution is -2.25. The number of hydrogen-bond acceptors (Lipinski definition) is 0. The van der Waals surface area contributed by atoms with Gasteiger partial charge in [-0.15, -0.1) is 6.42 Å². The summed E-state index contributed by atoms with van der Waals surface area (Å²) in [4.78, 5) is 0. The number of benzene rings is 1. The van der Waals surface area contributed by atoms with Crippen LogP contribution in [0.25, 0.3) is 0 Å². The van der Waals surface area contributed by atoms with E-state index in [0.717, 1.165) is 36.2 Å². The highest BCUT2D eigenvalue weighted by atomic mass is 19.2. The average molecular weight is 344 g/mol. The predicted octanol–water partition coefficient (Wildman–Crippen LogP) is 6.83. The second-order valence-electron chi connectivity index (χ2n) is 8.19. The summed E-state index contributed by atoms with van der Waals surface area (Å²) in [7, 11) is 0. The van der Waals surface area contributed by atoms with Crippen LogP contribution in [-0.2, 0) is 0 Å². The number of hydrogen-bond donors (Lipinski definition) is 0. The third-order valence-corrected chi connectivity index (χ3v) is 6.70. The van der Waals surface area contributed by atoms with E-state index in [4.69, 9.17) is 6.42 Å². The molecule has 25 heavy (non-hydrogen) atoms. The summed E-state index contributed by atoms with van der Waals surface area (Å²) < 4.78 is 27.4. The molecule has 2 saturated carbocycles. The van der Waals surface area contributed by atoms with Gasteiger partial charge in [0.25, 0.3) is 0 Å². The Morgan fingerprint density at radius 2 is 1.56 bits per heavy atom. The van der Waals surface area contributed by atoms with Crippen LogP contribution in [0.3, 0.4) is 0 Å². The van der Waals surface area contributed by atoms with Crippen LogP contribution in [0.15, 0.2) is 12.1 Å². The zero-order valence-corrected chi connectivity index (χ0v) is 15.4. The van der Waals surface area contributed by atoms with Gasteiger partial charge >= 0.3 is 0 Å². The summed E-state index contributed by atoms with van der Waals surface area (Å²) >= 11 is 0. The molecule has 3 rings (SSSR count). The van der Waals surface area contributed by atoms with Crippen molar-refractivity contribution in [2.75, 3.05) is 0 Å². The van der Waals surface area contributed by atoms with Gasteiger partial charge in [-0.2, -0.15) is 0 Å². The Labute approximate surface area is 151 Å². The van der Waals surface area contributed by atoms with Crippen molar-refractivity contribution in [3.05, 3.63) is 34.9 Å². The fourth-order valence-corrected chi connectivity index (χ4v) is 5.23. The SMILES string of the molecule is C#Cc1cc(C2CCC(C3CCC(CCC)CC3)CC2)cc(F)c1F. The van der Waals surface area contributed by atoms with Crippen LogP contribution in [0.4, 0.5) is 8.78 Å². The fraction of sp³-hybridized carbons (Fsp3) is 0.652. The molecule has 0 atom stereocenters. The molecular formula is C23H30F2. The van der Waals surface area contributed by atoms with Crippen molar-refractivity contribution in [2.24, 2.45) is 17.8 Å². The monoisotopic (exact) mass is 344 g/mol. The van der Waals surface area contributed by atoms with Crippen molar-refractivity contribution in [1.82, 2.24) is 0 Å². The first-order valence-corrected chi connectivity index (χ1v) is 10.1. The lowest BCUT2D eigenvalue weighted by atomic mass is 9.68. The molecule has 0 unspecified atom stereocenters. The minimum absolute atomic E-state index is 0.0615. The van der Waals surface area contributed by atoms with E-state index < -0.39 is 11.6 Å². The van der Waals surface area contributed by atoms with Crippen LogP contribution in [0.1, 0.15) is 88.2 Å². The maximum atomic E-state index is 13.8. The van der Waals surface area contributed by atoms with Gasteiger partial charge in [-0.05, 0) is 79.9 Å². The van der Waals surface area contributed by atoms with Gasteiger partial charge in [-0.3, -0.25) is 0 Å². The topological polar surface area (TPSA) is 0 Å². The molecule has 0 radical (unpaired) electrons. The smallest absolute Gasteiger partial charge is 0.174 e. The van der Waals surface area contributed by atoms with Crippen LogP contribution >= 0.6 is 0 Å². The van der Waals surface area contributed by atoms with Crippen molar-refractivity contribution in [2.45, 2.75) is 77.0 Å². The predicted molar refractivity (Wildman–Crippen MR) is 99.3 cm³/mol. The number of halogens is 2. The van der Waals surface area contributed by atoms with E-state index in [1.54, 1.807) is 6.07 Å². The second-order valence-corrected chi connectivity index (χ2v) is 8.19. The van der Waals surface area contributed by atoms with Gasteiger partial charge in [-0.25, -0.2) is 8.78 Å². The normalized spacial score (nSPS) is 30.0. The molecule has 0 aromatic heterocycles. The zero-order chi connectivity index (χ0) is 17.8. The molecule has 2 fully saturated rings. The molecular weight excluding hydrogens is 314 g/mol. The average Bonchev–Trinajstić information content (AvgIpc) is 2.65. The summed E-state index contributed by atoms with van der Waals surface area (Å²) in [6.07, 6.45) is 18.2. The summed E-state index contributed by atoms with van der Waals surface area (Å²) in [5.74, 6) is 3.59. The van der Waals surface area contributed by atoms with Gasteiger partial charge < -0.3 is 0 Å². The highest BCUT2D eigenvalue weighted by Gasteiger charge is 2.31. The Balaban J connectivity index is 1.56. The van der Waals surface area contributed by atoms with E-state index in [1.165, 1.54) is 57.4 Å². The minimum atomic E-state index is -0.885. The Morgan fingerprint density at radius 1 is 0.960 bits per heavy atom. The zero-order valence-electron chi connectivity index (χ0n) is 15.4. The van der Waals surface area contributed by atoms with Gasteiger partial charge in [0.1, 0.15) is 0 Å². The van der Waals surface area contributed by atoms with Crippen molar-refractivity contribution in [1.29, 1.82) is 0 Å². The highest BCUT2D eigenvalue weighted by Crippen LogP contribution is 2.44. The van der Waals surface area contributed by atoms with Crippen molar-refractivity contribution in [3.63, 3.8) is 0 Å². The quantitative estimate of drug-likeness (QED) is 0.525. The van der Waals surface area contributed by atoms with Crippen molar-refractivity contribution < 1.29 is 8.78 Å². The van der Waals surface area contributed by atoms with E-state index in [0.29, 0.717) is 5.92 Å². The molecule has 0 aliphatic heterocycles. The van der Waals surface area contributed by atoms with Crippen LogP contribution in [0.5, 0.6) is 0 Å². The fourth-order valence-electron chi connectivity index (χ4n) is 5.23. The Kier molecular flexibility index (Phi) is 6.15. The maximum Gasteiger partial charge on any atom is 0.174 e. The first-order chi connectivity index (χ1) is 12.1. The van der Waals surface area contributed by atoms with Crippen molar-refractivity contribution >= 4 is 0 Å². The van der Waals surface area contributed by atoms with Crippen LogP contribution in [-0.4, -0.2) is 0 Å². The number of terminal acetylenes is 1. The summed E-state index contributed by atoms with van der Waals surface area (Å²) in [6.45, 7) is 2.29. The Hall–Kier alpha value is -1.36. The van der Waals surface area contributed by atoms with Crippen LogP contribution in [0.2, 0.25) is 0 Å². The first-order valence-electron chi connectivity index (χ1n) is 10.1. The van der Waals surface area contributed by atoms with E-state index >= 15 is 0 Å². The minimum Gasteiger partial charge on any atom is -0.204 e. The maximum absolute atomic E-state index is 13.8. The van der Waals surface area contributed by atoms with E-state index in [2.05, 4.69) is 12.8 Å². The van der Waals surface area contributed by atoms with Gasteiger partial charge in [0.2, 0.25) is 0 Å². The molecule has 0 nitrogen and oxygen atoms in total. The molecule has 2 aliphatic rings. The molecule has 0 N–H and O–H groups in total. The molecule has 1 aromatic carbocycles. The first kappa shape index (κ1) is 18.4. The van der Waals surface area contributed by atoms with Crippen LogP contribution < -0.4 is 0 Å². The number of rotatable bonds is 4. The summed E-state index contributed by atoms with van der Waals surface area (Å²) in [6, 6.07) is 3.04. The van der Waals surface area contributed by atoms with Gasteiger partial charge in [0.05, 0.1) is 5.56 Å². The standard InChI is InChI=1S/C23H30F2/c1-3-5-16-6-8-18(9-7-16)19-10-12-20(13-11-19)21-14-17(4-2)23(25)22(24)15-21/h2,14-16,18-20H,3,5-13H2,1H3. The summed E-state index contributed by atoms with van der Waals surface area (Å²) in [5.41, 5.74) is 0.948. The lowest BCUT2D eigenvalue weighted by molar-refractivity contribution is 0.156. The van der Waals surface area contributed by atoms with Gasteiger partial charge in [0, 0.05) is 0 Å². The molecule has 0 spiro atoms. The molecule has 2 heteroatoms. The Morgan fingerprint density at radius 3 is 2.12 bits per heavy atom. The lowest BCUT2D eigenvalue weighted by Gasteiger charge is -2.38. The Bertz CT molecular complexity index is 612. The summed E-state index contributed by atoms with van der Waals surface area (Å²) in [5, 5.41) is 0. The molecule has 0 saturated heterocycles. The molecule has 136 valence electrons. The highest BCUT2D eigenvalue weighted by molar-refractivity contribution is 5.39. The molecule has 0 amide bonds. The largest absolute Gasteiger partial charge is 0.204 e. The van der Waals surface area contributed by atoms with E-state index in [9.17, 15) is 8.78 Å². The molecule has 0 bridgehead atoms. The van der Waals surface area contributed by atoms with Gasteiger partial charge in [0.15, 0.2) is 11.6 Å². The second kappa shape index (κ2) is 8.35. The van der Waals surface area contributed by atoms with Gasteiger partial charge in [-0.1, -0.05) is 38.5 Å². The van der Waals surface area contributed by atoms with E-state index in [1.807, 2.05) is 0 Å². The van der Waals surface area contributed by atoms with E-state index in [-0.39, 0.29) is 5.56 Å². The van der Waals surface area contributed by atoms with Crippen LogP contribution in [0, 0.1) is 41.7 Å². The van der Waals surface area contributed by atoms with Crippen molar-refractivity contribution in [3.8, 4) is 12.3 Å². The third-order valence-electron chi connectivity index (χ3n) is 6.70. The third kappa shape index (κ3) is 4.25. The molecule has 1 aromatic rings.